The zero-order valence-corrected chi connectivity index (χ0v) is 19.0. The van der Waals surface area contributed by atoms with Crippen molar-refractivity contribution in [1.82, 2.24) is 5.43 Å². The van der Waals surface area contributed by atoms with Crippen LogP contribution >= 0.6 is 15.9 Å². The van der Waals surface area contributed by atoms with Gasteiger partial charge in [-0.05, 0) is 54.4 Å². The van der Waals surface area contributed by atoms with Gasteiger partial charge in [-0.25, -0.2) is 10.2 Å². The van der Waals surface area contributed by atoms with Gasteiger partial charge in [0.15, 0.2) is 0 Å². The number of benzene rings is 2. The van der Waals surface area contributed by atoms with Crippen LogP contribution in [0.5, 0.6) is 5.75 Å². The molecule has 0 saturated carbocycles. The summed E-state index contributed by atoms with van der Waals surface area (Å²) in [4.78, 5) is 24.0. The average Bonchev–Trinajstić information content (AvgIpc) is 2.74. The van der Waals surface area contributed by atoms with Crippen LogP contribution in [0.4, 0.5) is 0 Å². The quantitative estimate of drug-likeness (QED) is 0.130. The summed E-state index contributed by atoms with van der Waals surface area (Å²) in [5, 5.41) is 3.99. The van der Waals surface area contributed by atoms with E-state index in [2.05, 4.69) is 33.4 Å². The molecule has 0 radical (unpaired) electrons. The number of hydrogen-bond donors (Lipinski definition) is 1. The van der Waals surface area contributed by atoms with E-state index in [1.807, 2.05) is 6.07 Å². The molecule has 0 aliphatic heterocycles. The van der Waals surface area contributed by atoms with Gasteiger partial charge in [0.05, 0.1) is 11.8 Å². The topological polar surface area (TPSA) is 67.8 Å². The molecule has 2 aromatic carbocycles. The zero-order chi connectivity index (χ0) is 21.6. The Morgan fingerprint density at radius 2 is 1.70 bits per heavy atom. The molecule has 2 rings (SSSR count). The van der Waals surface area contributed by atoms with E-state index < -0.39 is 5.97 Å². The molecule has 1 N–H and O–H groups in total. The lowest BCUT2D eigenvalue weighted by Crippen LogP contribution is -2.16. The number of esters is 1. The first kappa shape index (κ1) is 23.8. The van der Waals surface area contributed by atoms with Gasteiger partial charge in [-0.3, -0.25) is 4.79 Å². The Hall–Kier alpha value is -2.47. The van der Waals surface area contributed by atoms with Gasteiger partial charge in [0.25, 0.3) is 0 Å². The van der Waals surface area contributed by atoms with Crippen LogP contribution < -0.4 is 10.2 Å². The molecule has 0 unspecified atom stereocenters. The van der Waals surface area contributed by atoms with E-state index in [0.29, 0.717) is 17.7 Å². The Labute approximate surface area is 187 Å². The second kappa shape index (κ2) is 13.7. The minimum Gasteiger partial charge on any atom is -0.423 e. The molecular weight excluding hydrogens is 444 g/mol. The summed E-state index contributed by atoms with van der Waals surface area (Å²) >= 11 is 3.34. The van der Waals surface area contributed by atoms with Crippen LogP contribution in [-0.4, -0.2) is 18.1 Å². The molecule has 30 heavy (non-hydrogen) atoms. The molecule has 2 aromatic rings. The van der Waals surface area contributed by atoms with E-state index in [9.17, 15) is 9.59 Å². The van der Waals surface area contributed by atoms with E-state index in [1.54, 1.807) is 48.7 Å². The van der Waals surface area contributed by atoms with Crippen molar-refractivity contribution in [3.63, 3.8) is 0 Å². The minimum atomic E-state index is -0.421. The molecule has 5 nitrogen and oxygen atoms in total. The largest absolute Gasteiger partial charge is 0.423 e. The second-order valence-electron chi connectivity index (χ2n) is 7.13. The Bertz CT molecular complexity index is 835. The third-order valence-electron chi connectivity index (χ3n) is 4.56. The van der Waals surface area contributed by atoms with Crippen LogP contribution in [0.15, 0.2) is 58.1 Å². The number of nitrogens with zero attached hydrogens (tertiary/aromatic N) is 1. The highest BCUT2D eigenvalue weighted by Crippen LogP contribution is 2.16. The van der Waals surface area contributed by atoms with Crippen molar-refractivity contribution in [3.8, 4) is 5.75 Å². The van der Waals surface area contributed by atoms with Gasteiger partial charge >= 0.3 is 5.97 Å². The molecule has 0 spiro atoms. The number of halogens is 1. The van der Waals surface area contributed by atoms with Crippen molar-refractivity contribution in [2.75, 3.05) is 0 Å². The summed E-state index contributed by atoms with van der Waals surface area (Å²) in [7, 11) is 0. The number of rotatable bonds is 12. The maximum atomic E-state index is 12.2. The fraction of sp³-hybridized carbons (Fsp3) is 0.375. The van der Waals surface area contributed by atoms with E-state index in [0.717, 1.165) is 22.9 Å². The summed E-state index contributed by atoms with van der Waals surface area (Å²) in [5.74, 6) is -0.0465. The molecule has 1 amide bonds. The Balaban J connectivity index is 1.69. The van der Waals surface area contributed by atoms with Crippen LogP contribution in [0.25, 0.3) is 0 Å². The minimum absolute atomic E-state index is 0.0700. The number of unbranched alkanes of at least 4 members (excludes halogenated alkanes) is 6. The smallest absolute Gasteiger partial charge is 0.343 e. The molecule has 0 atom stereocenters. The standard InChI is InChI=1S/C24H29BrN2O3/c1-2-3-4-5-6-7-8-12-23(28)27-26-18-19-13-15-22(16-14-19)30-24(29)20-10-9-11-21(25)17-20/h9-11,13-18H,2-8,12H2,1H3,(H,27,28)/b26-18+. The highest BCUT2D eigenvalue weighted by molar-refractivity contribution is 9.10. The van der Waals surface area contributed by atoms with Crippen molar-refractivity contribution in [2.45, 2.75) is 58.3 Å². The highest BCUT2D eigenvalue weighted by atomic mass is 79.9. The fourth-order valence-corrected chi connectivity index (χ4v) is 3.28. The van der Waals surface area contributed by atoms with Gasteiger partial charge in [-0.2, -0.15) is 5.10 Å². The third kappa shape index (κ3) is 9.35. The lowest BCUT2D eigenvalue weighted by atomic mass is 10.1. The van der Waals surface area contributed by atoms with Crippen LogP contribution in [0.1, 0.15) is 74.2 Å². The maximum absolute atomic E-state index is 12.2. The van der Waals surface area contributed by atoms with Crippen LogP contribution in [0, 0.1) is 0 Å². The van der Waals surface area contributed by atoms with Crippen LogP contribution in [-0.2, 0) is 4.79 Å². The van der Waals surface area contributed by atoms with Crippen molar-refractivity contribution < 1.29 is 14.3 Å². The molecular formula is C24H29BrN2O3. The third-order valence-corrected chi connectivity index (χ3v) is 5.05. The molecule has 0 aliphatic rings. The van der Waals surface area contributed by atoms with Crippen LogP contribution in [0.3, 0.4) is 0 Å². The van der Waals surface area contributed by atoms with Gasteiger partial charge < -0.3 is 4.74 Å². The fourth-order valence-electron chi connectivity index (χ4n) is 2.88. The van der Waals surface area contributed by atoms with Crippen LogP contribution in [0.2, 0.25) is 0 Å². The summed E-state index contributed by atoms with van der Waals surface area (Å²) in [6, 6.07) is 14.0. The maximum Gasteiger partial charge on any atom is 0.343 e. The van der Waals surface area contributed by atoms with Gasteiger partial charge in [-0.1, -0.05) is 67.4 Å². The molecule has 160 valence electrons. The summed E-state index contributed by atoms with van der Waals surface area (Å²) in [6.45, 7) is 2.21. The van der Waals surface area contributed by atoms with Crippen molar-refractivity contribution in [1.29, 1.82) is 0 Å². The molecule has 0 heterocycles. The zero-order valence-electron chi connectivity index (χ0n) is 17.4. The molecule has 0 bridgehead atoms. The van der Waals surface area contributed by atoms with Crippen molar-refractivity contribution in [3.05, 3.63) is 64.1 Å². The summed E-state index contributed by atoms with van der Waals surface area (Å²) in [5.41, 5.74) is 3.83. The number of hydrogen-bond acceptors (Lipinski definition) is 4. The SMILES string of the molecule is CCCCCCCCCC(=O)N/N=C/c1ccc(OC(=O)c2cccc(Br)c2)cc1. The van der Waals surface area contributed by atoms with E-state index in [-0.39, 0.29) is 5.91 Å². The number of ether oxygens (including phenoxy) is 1. The number of carbonyl (C=O) groups is 2. The number of amides is 1. The van der Waals surface area contributed by atoms with Crippen molar-refractivity contribution in [2.24, 2.45) is 5.10 Å². The second-order valence-corrected chi connectivity index (χ2v) is 8.05. The van der Waals surface area contributed by atoms with E-state index in [1.165, 1.54) is 32.1 Å². The normalized spacial score (nSPS) is 10.9. The monoisotopic (exact) mass is 472 g/mol. The average molecular weight is 473 g/mol. The van der Waals surface area contributed by atoms with Gasteiger partial charge in [0.2, 0.25) is 5.91 Å². The number of hydrazone groups is 1. The molecule has 0 fully saturated rings. The Morgan fingerprint density at radius 1 is 1.00 bits per heavy atom. The molecule has 0 aliphatic carbocycles. The van der Waals surface area contributed by atoms with E-state index >= 15 is 0 Å². The Morgan fingerprint density at radius 3 is 2.40 bits per heavy atom. The summed E-state index contributed by atoms with van der Waals surface area (Å²) in [6.07, 6.45) is 10.3. The lowest BCUT2D eigenvalue weighted by molar-refractivity contribution is -0.121. The summed E-state index contributed by atoms with van der Waals surface area (Å²) < 4.78 is 6.18. The van der Waals surface area contributed by atoms with Gasteiger partial charge in [0.1, 0.15) is 5.75 Å². The first-order valence-corrected chi connectivity index (χ1v) is 11.3. The molecule has 0 saturated heterocycles. The predicted octanol–water partition coefficient (Wildman–Crippen LogP) is 6.26. The first-order chi connectivity index (χ1) is 14.6. The van der Waals surface area contributed by atoms with Crippen molar-refractivity contribution >= 4 is 34.0 Å². The number of nitrogens with one attached hydrogen (secondary N) is 1. The Kier molecular flexibility index (Phi) is 10.9. The van der Waals surface area contributed by atoms with Gasteiger partial charge in [-0.15, -0.1) is 0 Å². The van der Waals surface area contributed by atoms with Gasteiger partial charge in [0, 0.05) is 10.9 Å². The lowest BCUT2D eigenvalue weighted by Gasteiger charge is -2.05. The molecule has 6 heteroatoms. The highest BCUT2D eigenvalue weighted by Gasteiger charge is 2.08. The first-order valence-electron chi connectivity index (χ1n) is 10.5. The predicted molar refractivity (Wildman–Crippen MR) is 124 cm³/mol. The number of carbonyl (C=O) groups excluding carboxylic acids is 2. The van der Waals surface area contributed by atoms with E-state index in [4.69, 9.17) is 4.74 Å². The molecule has 0 aromatic heterocycles.